The summed E-state index contributed by atoms with van der Waals surface area (Å²) in [6.45, 7) is 7.06. The van der Waals surface area contributed by atoms with Crippen LogP contribution in [0, 0.1) is 6.92 Å². The number of aromatic nitrogens is 2. The third kappa shape index (κ3) is 7.79. The van der Waals surface area contributed by atoms with Crippen LogP contribution < -0.4 is 5.32 Å². The minimum atomic E-state index is -3.26. The Balaban J connectivity index is 1.30. The van der Waals surface area contributed by atoms with Crippen LogP contribution in [0.5, 0.6) is 0 Å². The first-order valence-electron chi connectivity index (χ1n) is 13.8. The van der Waals surface area contributed by atoms with Crippen LogP contribution in [0.15, 0.2) is 65.7 Å². The summed E-state index contributed by atoms with van der Waals surface area (Å²) >= 11 is 0. The number of aryl methyl sites for hydroxylation is 1. The highest BCUT2D eigenvalue weighted by Gasteiger charge is 2.28. The average molecular weight is 566 g/mol. The van der Waals surface area contributed by atoms with E-state index in [1.54, 1.807) is 30.5 Å². The van der Waals surface area contributed by atoms with Crippen LogP contribution in [0.25, 0.3) is 0 Å². The van der Waals surface area contributed by atoms with Gasteiger partial charge in [0.1, 0.15) is 11.5 Å². The summed E-state index contributed by atoms with van der Waals surface area (Å²) in [5.74, 6) is 0.596. The summed E-state index contributed by atoms with van der Waals surface area (Å²) < 4.78 is 23.4. The number of sulfone groups is 1. The van der Waals surface area contributed by atoms with Gasteiger partial charge in [0.2, 0.25) is 5.91 Å². The molecule has 1 saturated heterocycles. The van der Waals surface area contributed by atoms with Crippen LogP contribution in [0.3, 0.4) is 0 Å². The zero-order valence-electron chi connectivity index (χ0n) is 23.5. The van der Waals surface area contributed by atoms with Crippen molar-refractivity contribution in [2.24, 2.45) is 0 Å². The van der Waals surface area contributed by atoms with Gasteiger partial charge in [0, 0.05) is 38.5 Å². The number of hydrogen-bond donors (Lipinski definition) is 2. The fourth-order valence-corrected chi connectivity index (χ4v) is 5.95. The highest BCUT2D eigenvalue weighted by Crippen LogP contribution is 2.22. The lowest BCUT2D eigenvalue weighted by atomic mass is 9.99. The quantitative estimate of drug-likeness (QED) is 0.368. The van der Waals surface area contributed by atoms with Crippen molar-refractivity contribution in [3.63, 3.8) is 0 Å². The number of piperidine rings is 1. The van der Waals surface area contributed by atoms with Gasteiger partial charge in [0.25, 0.3) is 5.91 Å². The predicted molar refractivity (Wildman–Crippen MR) is 155 cm³/mol. The molecule has 0 spiro atoms. The van der Waals surface area contributed by atoms with E-state index in [2.05, 4.69) is 20.2 Å². The van der Waals surface area contributed by atoms with Crippen LogP contribution in [0.2, 0.25) is 0 Å². The Morgan fingerprint density at radius 2 is 1.77 bits per heavy atom. The summed E-state index contributed by atoms with van der Waals surface area (Å²) in [6.07, 6.45) is 5.55. The molecule has 3 aromatic rings. The second-order valence-electron chi connectivity index (χ2n) is 10.5. The molecule has 1 aliphatic rings. The van der Waals surface area contributed by atoms with Crippen molar-refractivity contribution in [2.75, 3.05) is 32.4 Å². The summed E-state index contributed by atoms with van der Waals surface area (Å²) in [5.41, 5.74) is 2.33. The molecule has 10 heteroatoms. The standard InChI is InChI=1S/C30H39N5O4S/c1-4-35(29(36)20-23-10-12-26(13-11-23)40(3,38)39)25-14-17-34(18-15-25)19-16-27(24-8-6-5-7-9-24)33-30(37)28-21-31-22(2)32-28/h5-13,21,25,27H,4,14-20H2,1-3H3,(H,31,32)(H,33,37)/t27-/m0/s1. The number of amides is 2. The summed E-state index contributed by atoms with van der Waals surface area (Å²) in [7, 11) is -3.26. The van der Waals surface area contributed by atoms with Crippen LogP contribution in [-0.2, 0) is 21.1 Å². The van der Waals surface area contributed by atoms with Gasteiger partial charge in [-0.1, -0.05) is 42.5 Å². The molecule has 0 radical (unpaired) electrons. The summed E-state index contributed by atoms with van der Waals surface area (Å²) in [5, 5.41) is 3.17. The maximum Gasteiger partial charge on any atom is 0.269 e. The van der Waals surface area contributed by atoms with Gasteiger partial charge in [-0.15, -0.1) is 0 Å². The Bertz CT molecular complexity index is 1380. The Morgan fingerprint density at radius 3 is 2.35 bits per heavy atom. The molecule has 4 rings (SSSR count). The van der Waals surface area contributed by atoms with Gasteiger partial charge in [0.15, 0.2) is 9.84 Å². The van der Waals surface area contributed by atoms with E-state index in [9.17, 15) is 18.0 Å². The molecule has 2 heterocycles. The highest BCUT2D eigenvalue weighted by atomic mass is 32.2. The maximum atomic E-state index is 13.1. The number of nitrogens with one attached hydrogen (secondary N) is 2. The Hall–Kier alpha value is -3.50. The molecule has 1 aromatic heterocycles. The number of H-pyrrole nitrogens is 1. The zero-order chi connectivity index (χ0) is 28.7. The molecule has 0 aliphatic carbocycles. The normalized spacial score (nSPS) is 15.5. The van der Waals surface area contributed by atoms with Crippen molar-refractivity contribution in [2.45, 2.75) is 56.5 Å². The van der Waals surface area contributed by atoms with Crippen LogP contribution in [-0.4, -0.2) is 78.5 Å². The third-order valence-electron chi connectivity index (χ3n) is 7.55. The molecule has 9 nitrogen and oxygen atoms in total. The van der Waals surface area contributed by atoms with E-state index in [-0.39, 0.29) is 35.2 Å². The van der Waals surface area contributed by atoms with Gasteiger partial charge in [-0.3, -0.25) is 9.59 Å². The molecule has 1 atom stereocenters. The first-order valence-corrected chi connectivity index (χ1v) is 15.7. The molecule has 1 aliphatic heterocycles. The van der Waals surface area contributed by atoms with Gasteiger partial charge >= 0.3 is 0 Å². The molecule has 2 N–H and O–H groups in total. The number of rotatable bonds is 11. The van der Waals surface area contributed by atoms with Gasteiger partial charge in [-0.2, -0.15) is 0 Å². The fourth-order valence-electron chi connectivity index (χ4n) is 5.31. The molecule has 0 saturated carbocycles. The van der Waals surface area contributed by atoms with Crippen molar-refractivity contribution in [1.82, 2.24) is 25.1 Å². The maximum absolute atomic E-state index is 13.1. The molecule has 214 valence electrons. The number of carbonyl (C=O) groups excluding carboxylic acids is 2. The number of benzene rings is 2. The highest BCUT2D eigenvalue weighted by molar-refractivity contribution is 7.90. The molecule has 2 amide bonds. The van der Waals surface area contributed by atoms with E-state index < -0.39 is 9.84 Å². The number of imidazole rings is 1. The zero-order valence-corrected chi connectivity index (χ0v) is 24.3. The van der Waals surface area contributed by atoms with Crippen molar-refractivity contribution in [3.05, 3.63) is 83.4 Å². The van der Waals surface area contributed by atoms with E-state index in [0.717, 1.165) is 50.0 Å². The van der Waals surface area contributed by atoms with E-state index in [1.807, 2.05) is 49.1 Å². The largest absolute Gasteiger partial charge is 0.344 e. The Kier molecular flexibility index (Phi) is 9.76. The SMILES string of the molecule is CCN(C(=O)Cc1ccc(S(C)(=O)=O)cc1)C1CCN(CC[C@H](NC(=O)c2cnc(C)[nH]2)c2ccccc2)CC1. The van der Waals surface area contributed by atoms with Gasteiger partial charge < -0.3 is 20.1 Å². The van der Waals surface area contributed by atoms with Crippen molar-refractivity contribution in [3.8, 4) is 0 Å². The summed E-state index contributed by atoms with van der Waals surface area (Å²) in [4.78, 5) is 37.7. The first-order chi connectivity index (χ1) is 19.1. The van der Waals surface area contributed by atoms with Crippen LogP contribution in [0.4, 0.5) is 0 Å². The average Bonchev–Trinajstić information content (AvgIpc) is 3.39. The predicted octanol–water partition coefficient (Wildman–Crippen LogP) is 3.54. The number of likely N-dealkylation sites (N-methyl/N-ethyl adjacent to an activating group) is 1. The van der Waals surface area contributed by atoms with Crippen molar-refractivity contribution >= 4 is 21.7 Å². The molecular weight excluding hydrogens is 526 g/mol. The van der Waals surface area contributed by atoms with E-state index in [4.69, 9.17) is 0 Å². The number of aromatic amines is 1. The lowest BCUT2D eigenvalue weighted by Crippen LogP contribution is -2.48. The summed E-state index contributed by atoms with van der Waals surface area (Å²) in [6, 6.07) is 16.6. The number of carbonyl (C=O) groups is 2. The Labute approximate surface area is 236 Å². The van der Waals surface area contributed by atoms with Crippen molar-refractivity contribution < 1.29 is 18.0 Å². The molecule has 2 aromatic carbocycles. The van der Waals surface area contributed by atoms with Gasteiger partial charge in [0.05, 0.1) is 23.6 Å². The third-order valence-corrected chi connectivity index (χ3v) is 8.68. The molecule has 0 unspecified atom stereocenters. The smallest absolute Gasteiger partial charge is 0.269 e. The lowest BCUT2D eigenvalue weighted by molar-refractivity contribution is -0.133. The topological polar surface area (TPSA) is 115 Å². The Morgan fingerprint density at radius 1 is 1.10 bits per heavy atom. The minimum absolute atomic E-state index is 0.0638. The molecule has 1 fully saturated rings. The van der Waals surface area contributed by atoms with E-state index in [0.29, 0.717) is 18.1 Å². The molecule has 0 bridgehead atoms. The monoisotopic (exact) mass is 565 g/mol. The first kappa shape index (κ1) is 29.5. The second kappa shape index (κ2) is 13.2. The number of nitrogens with zero attached hydrogens (tertiary/aromatic N) is 3. The van der Waals surface area contributed by atoms with Crippen LogP contribution in [0.1, 0.15) is 59.7 Å². The van der Waals surface area contributed by atoms with Gasteiger partial charge in [-0.05, 0) is 56.4 Å². The van der Waals surface area contributed by atoms with E-state index >= 15 is 0 Å². The van der Waals surface area contributed by atoms with Gasteiger partial charge in [-0.25, -0.2) is 13.4 Å². The molecular formula is C30H39N5O4S. The van der Waals surface area contributed by atoms with Crippen molar-refractivity contribution in [1.29, 1.82) is 0 Å². The lowest BCUT2D eigenvalue weighted by Gasteiger charge is -2.38. The molecule has 40 heavy (non-hydrogen) atoms. The number of hydrogen-bond acceptors (Lipinski definition) is 6. The minimum Gasteiger partial charge on any atom is -0.344 e. The van der Waals surface area contributed by atoms with Crippen LogP contribution >= 0.6 is 0 Å². The second-order valence-corrected chi connectivity index (χ2v) is 12.5. The van der Waals surface area contributed by atoms with E-state index in [1.165, 1.54) is 6.26 Å². The fraction of sp³-hybridized carbons (Fsp3) is 0.433. The number of likely N-dealkylation sites (tertiary alicyclic amines) is 1.